The zero-order chi connectivity index (χ0) is 15.5. The Morgan fingerprint density at radius 1 is 1.05 bits per heavy atom. The van der Waals surface area contributed by atoms with Gasteiger partial charge in [0.1, 0.15) is 0 Å². The first kappa shape index (κ1) is 15.4. The average molecular weight is 328 g/mol. The SMILES string of the molecule is O=[N+]([O-])c1ccc(S(=O)(=O)OC(Cl)c2ccccc2)cc1. The van der Waals surface area contributed by atoms with Gasteiger partial charge in [0.05, 0.1) is 9.82 Å². The predicted octanol–water partition coefficient (Wildman–Crippen LogP) is 3.24. The second kappa shape index (κ2) is 6.21. The molecule has 0 amide bonds. The van der Waals surface area contributed by atoms with Gasteiger partial charge in [0.2, 0.25) is 0 Å². The number of non-ortho nitro benzene ring substituents is 1. The van der Waals surface area contributed by atoms with Gasteiger partial charge in [-0.25, -0.2) is 4.18 Å². The molecule has 6 nitrogen and oxygen atoms in total. The van der Waals surface area contributed by atoms with Crippen LogP contribution in [-0.4, -0.2) is 13.3 Å². The van der Waals surface area contributed by atoms with E-state index in [-0.39, 0.29) is 10.6 Å². The van der Waals surface area contributed by atoms with Gasteiger partial charge < -0.3 is 0 Å². The van der Waals surface area contributed by atoms with E-state index in [9.17, 15) is 18.5 Å². The van der Waals surface area contributed by atoms with E-state index in [1.165, 1.54) is 0 Å². The summed E-state index contributed by atoms with van der Waals surface area (Å²) in [5.74, 6) is 0. The summed E-state index contributed by atoms with van der Waals surface area (Å²) in [4.78, 5) is 9.71. The van der Waals surface area contributed by atoms with Crippen LogP contribution in [0.2, 0.25) is 0 Å². The molecule has 21 heavy (non-hydrogen) atoms. The van der Waals surface area contributed by atoms with Crippen molar-refractivity contribution >= 4 is 27.4 Å². The highest BCUT2D eigenvalue weighted by Crippen LogP contribution is 2.27. The topological polar surface area (TPSA) is 86.5 Å². The molecule has 0 N–H and O–H groups in total. The quantitative estimate of drug-likeness (QED) is 0.364. The standard InChI is InChI=1S/C13H10ClNO5S/c14-13(10-4-2-1-3-5-10)20-21(18,19)12-8-6-11(7-9-12)15(16)17/h1-9,13H. The summed E-state index contributed by atoms with van der Waals surface area (Å²) in [5, 5.41) is 10.5. The molecule has 0 aliphatic heterocycles. The second-order valence-corrected chi connectivity index (χ2v) is 6.00. The van der Waals surface area contributed by atoms with Gasteiger partial charge >= 0.3 is 0 Å². The molecule has 0 spiro atoms. The van der Waals surface area contributed by atoms with Crippen LogP contribution in [-0.2, 0) is 14.3 Å². The zero-order valence-corrected chi connectivity index (χ0v) is 12.1. The number of halogens is 1. The molecule has 0 saturated heterocycles. The van der Waals surface area contributed by atoms with Crippen LogP contribution in [0.4, 0.5) is 5.69 Å². The summed E-state index contributed by atoms with van der Waals surface area (Å²) in [7, 11) is -4.10. The Hall–Kier alpha value is -1.96. The lowest BCUT2D eigenvalue weighted by atomic mass is 10.2. The van der Waals surface area contributed by atoms with Crippen LogP contribution < -0.4 is 0 Å². The minimum absolute atomic E-state index is 0.199. The third-order valence-electron chi connectivity index (χ3n) is 2.61. The summed E-state index contributed by atoms with van der Waals surface area (Å²) in [6, 6.07) is 12.8. The molecule has 8 heteroatoms. The smallest absolute Gasteiger partial charge is 0.258 e. The fourth-order valence-electron chi connectivity index (χ4n) is 1.56. The van der Waals surface area contributed by atoms with E-state index in [0.717, 1.165) is 24.3 Å². The molecule has 2 rings (SSSR count). The van der Waals surface area contributed by atoms with Gasteiger partial charge in [0.25, 0.3) is 15.8 Å². The molecule has 110 valence electrons. The Bertz CT molecular complexity index is 731. The van der Waals surface area contributed by atoms with Crippen LogP contribution in [0.5, 0.6) is 0 Å². The molecule has 1 unspecified atom stereocenters. The first-order valence-corrected chi connectivity index (χ1v) is 7.61. The van der Waals surface area contributed by atoms with Gasteiger partial charge in [-0.1, -0.05) is 41.9 Å². The first-order valence-electron chi connectivity index (χ1n) is 5.77. The number of alkyl halides is 1. The Kier molecular flexibility index (Phi) is 4.56. The molecule has 0 aromatic heterocycles. The van der Waals surface area contributed by atoms with Crippen LogP contribution in [0.15, 0.2) is 59.5 Å². The molecule has 1 atom stereocenters. The zero-order valence-electron chi connectivity index (χ0n) is 10.5. The molecule has 0 fully saturated rings. The third-order valence-corrected chi connectivity index (χ3v) is 4.35. The van der Waals surface area contributed by atoms with Gasteiger partial charge in [-0.2, -0.15) is 8.42 Å². The Labute approximate surface area is 126 Å². The van der Waals surface area contributed by atoms with Crippen LogP contribution in [0.25, 0.3) is 0 Å². The van der Waals surface area contributed by atoms with E-state index in [4.69, 9.17) is 15.8 Å². The van der Waals surface area contributed by atoms with Crippen molar-refractivity contribution in [1.29, 1.82) is 0 Å². The van der Waals surface area contributed by atoms with E-state index in [1.807, 2.05) is 0 Å². The maximum Gasteiger partial charge on any atom is 0.298 e. The lowest BCUT2D eigenvalue weighted by Gasteiger charge is -2.11. The van der Waals surface area contributed by atoms with E-state index >= 15 is 0 Å². The Balaban J connectivity index is 2.20. The molecule has 0 saturated carbocycles. The van der Waals surface area contributed by atoms with Crippen molar-refractivity contribution in [3.05, 3.63) is 70.3 Å². The molecule has 2 aromatic carbocycles. The number of nitrogens with zero attached hydrogens (tertiary/aromatic N) is 1. The second-order valence-electron chi connectivity index (χ2n) is 4.03. The van der Waals surface area contributed by atoms with Gasteiger partial charge in [-0.05, 0) is 17.7 Å². The largest absolute Gasteiger partial charge is 0.298 e. The van der Waals surface area contributed by atoms with Crippen molar-refractivity contribution in [2.45, 2.75) is 10.5 Å². The summed E-state index contributed by atoms with van der Waals surface area (Å²) in [6.07, 6.45) is 0. The van der Waals surface area contributed by atoms with Gasteiger partial charge in [0, 0.05) is 12.1 Å². The third kappa shape index (κ3) is 3.78. The van der Waals surface area contributed by atoms with Crippen molar-refractivity contribution in [2.75, 3.05) is 0 Å². The molecule has 0 radical (unpaired) electrons. The van der Waals surface area contributed by atoms with Crippen LogP contribution >= 0.6 is 11.6 Å². The predicted molar refractivity (Wildman–Crippen MR) is 76.4 cm³/mol. The minimum Gasteiger partial charge on any atom is -0.258 e. The van der Waals surface area contributed by atoms with Crippen molar-refractivity contribution in [1.82, 2.24) is 0 Å². The molecule has 0 heterocycles. The van der Waals surface area contributed by atoms with Crippen molar-refractivity contribution < 1.29 is 17.5 Å². The van der Waals surface area contributed by atoms with Crippen LogP contribution in [0.3, 0.4) is 0 Å². The lowest BCUT2D eigenvalue weighted by molar-refractivity contribution is -0.384. The molecular formula is C13H10ClNO5S. The van der Waals surface area contributed by atoms with Crippen molar-refractivity contribution in [2.24, 2.45) is 0 Å². The summed E-state index contributed by atoms with van der Waals surface area (Å²) in [6.45, 7) is 0. The molecule has 2 aromatic rings. The molecule has 0 aliphatic rings. The van der Waals surface area contributed by atoms with E-state index in [0.29, 0.717) is 5.56 Å². The van der Waals surface area contributed by atoms with Gasteiger partial charge in [-0.15, -0.1) is 0 Å². The molecular weight excluding hydrogens is 318 g/mol. The maximum atomic E-state index is 12.0. The number of hydrogen-bond donors (Lipinski definition) is 0. The molecule has 0 aliphatic carbocycles. The Morgan fingerprint density at radius 3 is 2.14 bits per heavy atom. The van der Waals surface area contributed by atoms with Crippen LogP contribution in [0, 0.1) is 10.1 Å². The number of benzene rings is 2. The fourth-order valence-corrected chi connectivity index (χ4v) is 2.91. The highest BCUT2D eigenvalue weighted by Gasteiger charge is 2.22. The normalized spacial score (nSPS) is 12.8. The summed E-state index contributed by atoms with van der Waals surface area (Å²) < 4.78 is 28.9. The maximum absolute atomic E-state index is 12.0. The first-order chi connectivity index (χ1) is 9.90. The lowest BCUT2D eigenvalue weighted by Crippen LogP contribution is -2.08. The van der Waals surface area contributed by atoms with Crippen molar-refractivity contribution in [3.63, 3.8) is 0 Å². The number of nitro benzene ring substituents is 1. The van der Waals surface area contributed by atoms with Gasteiger partial charge in [-0.3, -0.25) is 10.1 Å². The number of hydrogen-bond acceptors (Lipinski definition) is 5. The number of rotatable bonds is 5. The summed E-state index contributed by atoms with van der Waals surface area (Å²) >= 11 is 5.91. The number of nitro groups is 1. The highest BCUT2D eigenvalue weighted by atomic mass is 35.5. The fraction of sp³-hybridized carbons (Fsp3) is 0.0769. The van der Waals surface area contributed by atoms with Crippen molar-refractivity contribution in [3.8, 4) is 0 Å². The van der Waals surface area contributed by atoms with E-state index in [1.54, 1.807) is 30.3 Å². The highest BCUT2D eigenvalue weighted by molar-refractivity contribution is 7.86. The van der Waals surface area contributed by atoms with E-state index < -0.39 is 20.6 Å². The minimum atomic E-state index is -4.10. The Morgan fingerprint density at radius 2 is 1.62 bits per heavy atom. The molecule has 0 bridgehead atoms. The van der Waals surface area contributed by atoms with Crippen LogP contribution in [0.1, 0.15) is 11.1 Å². The van der Waals surface area contributed by atoms with E-state index in [2.05, 4.69) is 0 Å². The average Bonchev–Trinajstić information content (AvgIpc) is 2.48. The van der Waals surface area contributed by atoms with Gasteiger partial charge in [0.15, 0.2) is 5.56 Å². The monoisotopic (exact) mass is 327 g/mol. The summed E-state index contributed by atoms with van der Waals surface area (Å²) in [5.41, 5.74) is -0.893.